The Labute approximate surface area is 131 Å². The third-order valence-electron chi connectivity index (χ3n) is 5.35. The predicted octanol–water partition coefficient (Wildman–Crippen LogP) is 2.05. The van der Waals surface area contributed by atoms with Gasteiger partial charge in [-0.15, -0.1) is 0 Å². The summed E-state index contributed by atoms with van der Waals surface area (Å²) in [6, 6.07) is 10.4. The fourth-order valence-electron chi connectivity index (χ4n) is 4.17. The summed E-state index contributed by atoms with van der Waals surface area (Å²) >= 11 is 0. The summed E-state index contributed by atoms with van der Waals surface area (Å²) in [5.74, 6) is 0.700. The van der Waals surface area contributed by atoms with Gasteiger partial charge >= 0.3 is 0 Å². The van der Waals surface area contributed by atoms with Gasteiger partial charge in [0.25, 0.3) is 0 Å². The first-order chi connectivity index (χ1) is 10.8. The molecule has 0 saturated heterocycles. The fourth-order valence-corrected chi connectivity index (χ4v) is 4.17. The molecule has 2 atom stereocenters. The van der Waals surface area contributed by atoms with Crippen LogP contribution in [0.4, 0.5) is 0 Å². The number of aliphatic hydroxyl groups excluding tert-OH is 1. The van der Waals surface area contributed by atoms with E-state index in [-0.39, 0.29) is 6.61 Å². The lowest BCUT2D eigenvalue weighted by atomic mass is 9.82. The molecule has 4 rings (SSSR count). The average Bonchev–Trinajstić information content (AvgIpc) is 3.05. The van der Waals surface area contributed by atoms with Gasteiger partial charge in [-0.25, -0.2) is 4.68 Å². The van der Waals surface area contributed by atoms with Crippen molar-refractivity contribution in [2.24, 2.45) is 5.92 Å². The number of para-hydroxylation sites is 1. The van der Waals surface area contributed by atoms with E-state index in [0.29, 0.717) is 17.9 Å². The lowest BCUT2D eigenvalue weighted by Crippen LogP contribution is -2.26. The zero-order valence-electron chi connectivity index (χ0n) is 12.8. The predicted molar refractivity (Wildman–Crippen MR) is 86.2 cm³/mol. The molecule has 1 spiro atoms. The van der Waals surface area contributed by atoms with Crippen LogP contribution in [0.15, 0.2) is 36.5 Å². The van der Waals surface area contributed by atoms with E-state index >= 15 is 0 Å². The van der Waals surface area contributed by atoms with Gasteiger partial charge in [0.15, 0.2) is 0 Å². The number of benzene rings is 1. The first kappa shape index (κ1) is 14.0. The van der Waals surface area contributed by atoms with E-state index in [2.05, 4.69) is 40.5 Å². The smallest absolute Gasteiger partial charge is 0.0648 e. The first-order valence-electron chi connectivity index (χ1n) is 8.29. The molecular formula is C18H23N3O. The van der Waals surface area contributed by atoms with Crippen LogP contribution in [0.5, 0.6) is 0 Å². The summed E-state index contributed by atoms with van der Waals surface area (Å²) in [6.45, 7) is 1.93. The zero-order chi connectivity index (χ0) is 15.0. The van der Waals surface area contributed by atoms with Crippen molar-refractivity contribution >= 4 is 0 Å². The summed E-state index contributed by atoms with van der Waals surface area (Å²) in [4.78, 5) is 0. The van der Waals surface area contributed by atoms with Crippen LogP contribution in [0, 0.1) is 5.92 Å². The van der Waals surface area contributed by atoms with E-state index in [1.54, 1.807) is 0 Å². The Morgan fingerprint density at radius 2 is 2.18 bits per heavy atom. The monoisotopic (exact) mass is 297 g/mol. The largest absolute Gasteiger partial charge is 0.395 e. The number of aromatic nitrogens is 2. The van der Waals surface area contributed by atoms with E-state index in [9.17, 15) is 0 Å². The standard InChI is InChI=1S/C18H23N3O/c22-10-9-19-12-14-11-18(14)8-4-7-17-16(18)13-20-21(17)15-5-2-1-3-6-15/h1-3,5-6,13-14,19,22H,4,7-12H2. The van der Waals surface area contributed by atoms with Gasteiger partial charge in [-0.2, -0.15) is 5.10 Å². The molecule has 2 aromatic rings. The number of aliphatic hydroxyl groups is 1. The molecule has 2 unspecified atom stereocenters. The van der Waals surface area contributed by atoms with Crippen LogP contribution in [0.3, 0.4) is 0 Å². The van der Waals surface area contributed by atoms with Crippen LogP contribution in [-0.2, 0) is 11.8 Å². The Kier molecular flexibility index (Phi) is 3.51. The summed E-state index contributed by atoms with van der Waals surface area (Å²) in [7, 11) is 0. The van der Waals surface area contributed by atoms with Crippen molar-refractivity contribution in [3.8, 4) is 5.69 Å². The second-order valence-electron chi connectivity index (χ2n) is 6.59. The molecular weight excluding hydrogens is 274 g/mol. The van der Waals surface area contributed by atoms with Crippen LogP contribution in [0.1, 0.15) is 30.5 Å². The number of rotatable bonds is 5. The van der Waals surface area contributed by atoms with Gasteiger partial charge < -0.3 is 10.4 Å². The van der Waals surface area contributed by atoms with Crippen molar-refractivity contribution in [2.45, 2.75) is 31.1 Å². The van der Waals surface area contributed by atoms with Gasteiger partial charge in [0.2, 0.25) is 0 Å². The van der Waals surface area contributed by atoms with E-state index in [4.69, 9.17) is 10.2 Å². The molecule has 22 heavy (non-hydrogen) atoms. The van der Waals surface area contributed by atoms with Crippen LogP contribution >= 0.6 is 0 Å². The molecule has 1 heterocycles. The Morgan fingerprint density at radius 1 is 1.32 bits per heavy atom. The van der Waals surface area contributed by atoms with Crippen molar-refractivity contribution in [3.05, 3.63) is 47.8 Å². The van der Waals surface area contributed by atoms with Crippen molar-refractivity contribution in [3.63, 3.8) is 0 Å². The first-order valence-corrected chi connectivity index (χ1v) is 8.29. The molecule has 4 nitrogen and oxygen atoms in total. The number of hydrogen-bond donors (Lipinski definition) is 2. The highest BCUT2D eigenvalue weighted by Crippen LogP contribution is 2.60. The van der Waals surface area contributed by atoms with E-state index < -0.39 is 0 Å². The minimum Gasteiger partial charge on any atom is -0.395 e. The molecule has 1 aromatic heterocycles. The molecule has 4 heteroatoms. The molecule has 1 fully saturated rings. The molecule has 2 N–H and O–H groups in total. The maximum Gasteiger partial charge on any atom is 0.0648 e. The second kappa shape index (κ2) is 5.52. The summed E-state index contributed by atoms with van der Waals surface area (Å²) in [6.07, 6.45) is 7.03. The van der Waals surface area contributed by atoms with E-state index in [1.165, 1.54) is 30.5 Å². The highest BCUT2D eigenvalue weighted by Gasteiger charge is 2.57. The van der Waals surface area contributed by atoms with Crippen LogP contribution in [-0.4, -0.2) is 34.6 Å². The SMILES string of the molecule is OCCNCC1CC12CCCc1c2cnn1-c1ccccc1. The molecule has 1 saturated carbocycles. The molecule has 2 aliphatic rings. The average molecular weight is 297 g/mol. The summed E-state index contributed by atoms with van der Waals surface area (Å²) < 4.78 is 2.13. The van der Waals surface area contributed by atoms with Gasteiger partial charge in [0.1, 0.15) is 0 Å². The van der Waals surface area contributed by atoms with E-state index in [0.717, 1.165) is 18.7 Å². The molecule has 2 aliphatic carbocycles. The van der Waals surface area contributed by atoms with Gasteiger partial charge in [-0.05, 0) is 50.3 Å². The van der Waals surface area contributed by atoms with Crippen molar-refractivity contribution < 1.29 is 5.11 Å². The number of nitrogens with one attached hydrogen (secondary N) is 1. The second-order valence-corrected chi connectivity index (χ2v) is 6.59. The molecule has 0 bridgehead atoms. The Hall–Kier alpha value is -1.65. The van der Waals surface area contributed by atoms with Crippen molar-refractivity contribution in [1.29, 1.82) is 0 Å². The molecule has 0 amide bonds. The maximum atomic E-state index is 8.91. The third-order valence-corrected chi connectivity index (χ3v) is 5.35. The Bertz CT molecular complexity index is 652. The van der Waals surface area contributed by atoms with E-state index in [1.807, 2.05) is 6.07 Å². The lowest BCUT2D eigenvalue weighted by Gasteiger charge is -2.24. The van der Waals surface area contributed by atoms with Crippen molar-refractivity contribution in [2.75, 3.05) is 19.7 Å². The highest BCUT2D eigenvalue weighted by atomic mass is 16.3. The van der Waals surface area contributed by atoms with Gasteiger partial charge in [-0.3, -0.25) is 0 Å². The molecule has 0 radical (unpaired) electrons. The Balaban J connectivity index is 1.60. The minimum absolute atomic E-state index is 0.219. The van der Waals surface area contributed by atoms with Crippen LogP contribution in [0.25, 0.3) is 5.69 Å². The Morgan fingerprint density at radius 3 is 3.00 bits per heavy atom. The van der Waals surface area contributed by atoms with Gasteiger partial charge in [-0.1, -0.05) is 18.2 Å². The fraction of sp³-hybridized carbons (Fsp3) is 0.500. The lowest BCUT2D eigenvalue weighted by molar-refractivity contribution is 0.290. The van der Waals surface area contributed by atoms with Crippen LogP contribution in [0.2, 0.25) is 0 Å². The number of nitrogens with zero attached hydrogens (tertiary/aromatic N) is 2. The maximum absolute atomic E-state index is 8.91. The highest BCUT2D eigenvalue weighted by molar-refractivity contribution is 5.43. The molecule has 116 valence electrons. The number of hydrogen-bond acceptors (Lipinski definition) is 3. The van der Waals surface area contributed by atoms with Crippen LogP contribution < -0.4 is 5.32 Å². The van der Waals surface area contributed by atoms with Gasteiger partial charge in [0, 0.05) is 23.2 Å². The molecule has 1 aromatic carbocycles. The summed E-state index contributed by atoms with van der Waals surface area (Å²) in [5.41, 5.74) is 4.39. The normalized spacial score (nSPS) is 26.1. The topological polar surface area (TPSA) is 50.1 Å². The quantitative estimate of drug-likeness (QED) is 0.831. The van der Waals surface area contributed by atoms with Crippen molar-refractivity contribution in [1.82, 2.24) is 15.1 Å². The third kappa shape index (κ3) is 2.18. The minimum atomic E-state index is 0.219. The number of fused-ring (bicyclic) bond motifs is 2. The van der Waals surface area contributed by atoms with Gasteiger partial charge in [0.05, 0.1) is 18.5 Å². The molecule has 0 aliphatic heterocycles. The zero-order valence-corrected chi connectivity index (χ0v) is 12.8. The summed E-state index contributed by atoms with van der Waals surface area (Å²) in [5, 5.41) is 17.0.